The van der Waals surface area contributed by atoms with Gasteiger partial charge in [-0.25, -0.2) is 4.98 Å². The van der Waals surface area contributed by atoms with Gasteiger partial charge in [0.1, 0.15) is 12.5 Å². The van der Waals surface area contributed by atoms with Gasteiger partial charge in [0.25, 0.3) is 0 Å². The average Bonchev–Trinajstić information content (AvgIpc) is 2.60. The van der Waals surface area contributed by atoms with E-state index in [-0.39, 0.29) is 0 Å². The molecule has 4 heteroatoms. The van der Waals surface area contributed by atoms with E-state index in [0.29, 0.717) is 13.3 Å². The summed E-state index contributed by atoms with van der Waals surface area (Å²) in [5.41, 5.74) is 5.39. The lowest BCUT2D eigenvalue weighted by molar-refractivity contribution is 0.111. The van der Waals surface area contributed by atoms with Gasteiger partial charge in [0, 0.05) is 37.1 Å². The molecule has 0 atom stereocenters. The number of fused-ring (bicyclic) bond motifs is 2. The molecule has 4 rings (SSSR count). The van der Waals surface area contributed by atoms with Crippen molar-refractivity contribution in [2.45, 2.75) is 26.5 Å². The SMILES string of the molecule is CCN1COCc2c1ccnc2N1CCc2ccccc2C1. The maximum Gasteiger partial charge on any atom is 0.136 e. The predicted molar refractivity (Wildman–Crippen MR) is 88.1 cm³/mol. The monoisotopic (exact) mass is 295 g/mol. The molecule has 0 bridgehead atoms. The summed E-state index contributed by atoms with van der Waals surface area (Å²) in [6.45, 7) is 6.41. The molecule has 2 aromatic rings. The highest BCUT2D eigenvalue weighted by Gasteiger charge is 2.24. The number of ether oxygens (including phenoxy) is 1. The van der Waals surface area contributed by atoms with Crippen molar-refractivity contribution in [1.82, 2.24) is 4.98 Å². The number of benzene rings is 1. The molecule has 0 amide bonds. The Labute approximate surface area is 131 Å². The van der Waals surface area contributed by atoms with E-state index in [0.717, 1.165) is 31.9 Å². The van der Waals surface area contributed by atoms with Crippen molar-refractivity contribution < 1.29 is 4.74 Å². The van der Waals surface area contributed by atoms with Crippen molar-refractivity contribution in [1.29, 1.82) is 0 Å². The quantitative estimate of drug-likeness (QED) is 0.851. The number of hydrogen-bond donors (Lipinski definition) is 0. The number of aromatic nitrogens is 1. The van der Waals surface area contributed by atoms with Gasteiger partial charge < -0.3 is 14.5 Å². The van der Waals surface area contributed by atoms with E-state index < -0.39 is 0 Å². The standard InChI is InChI=1S/C18H21N3O/c1-2-20-13-22-12-16-17(20)7-9-19-18(16)21-10-8-14-5-3-4-6-15(14)11-21/h3-7,9H,2,8,10-13H2,1H3. The second-order valence-corrected chi connectivity index (χ2v) is 5.91. The summed E-state index contributed by atoms with van der Waals surface area (Å²) in [6.07, 6.45) is 3.02. The zero-order chi connectivity index (χ0) is 14.9. The fourth-order valence-electron chi connectivity index (χ4n) is 3.44. The van der Waals surface area contributed by atoms with Crippen molar-refractivity contribution in [3.63, 3.8) is 0 Å². The largest absolute Gasteiger partial charge is 0.356 e. The average molecular weight is 295 g/mol. The smallest absolute Gasteiger partial charge is 0.136 e. The van der Waals surface area contributed by atoms with Gasteiger partial charge in [0.2, 0.25) is 0 Å². The second kappa shape index (κ2) is 5.61. The van der Waals surface area contributed by atoms with Crippen LogP contribution in [0.1, 0.15) is 23.6 Å². The molecule has 0 spiro atoms. The first-order valence-corrected chi connectivity index (χ1v) is 7.99. The molecule has 3 heterocycles. The van der Waals surface area contributed by atoms with Gasteiger partial charge in [0.05, 0.1) is 6.61 Å². The van der Waals surface area contributed by atoms with Crippen LogP contribution in [0.5, 0.6) is 0 Å². The first-order valence-electron chi connectivity index (χ1n) is 7.99. The summed E-state index contributed by atoms with van der Waals surface area (Å²) in [5.74, 6) is 1.09. The molecule has 114 valence electrons. The summed E-state index contributed by atoms with van der Waals surface area (Å²) in [6, 6.07) is 10.8. The highest BCUT2D eigenvalue weighted by atomic mass is 16.5. The van der Waals surface area contributed by atoms with Crippen molar-refractivity contribution in [3.8, 4) is 0 Å². The summed E-state index contributed by atoms with van der Waals surface area (Å²) in [5, 5.41) is 0. The van der Waals surface area contributed by atoms with Gasteiger partial charge in [-0.2, -0.15) is 0 Å². The Bertz CT molecular complexity index is 686. The van der Waals surface area contributed by atoms with E-state index in [1.165, 1.54) is 22.4 Å². The molecule has 4 nitrogen and oxygen atoms in total. The molecule has 0 N–H and O–H groups in total. The summed E-state index contributed by atoms with van der Waals surface area (Å²) in [4.78, 5) is 9.33. The van der Waals surface area contributed by atoms with E-state index in [1.807, 2.05) is 6.20 Å². The van der Waals surface area contributed by atoms with Gasteiger partial charge in [0.15, 0.2) is 0 Å². The van der Waals surface area contributed by atoms with E-state index in [9.17, 15) is 0 Å². The minimum Gasteiger partial charge on any atom is -0.356 e. The van der Waals surface area contributed by atoms with Gasteiger partial charge in [-0.1, -0.05) is 24.3 Å². The van der Waals surface area contributed by atoms with Crippen LogP contribution in [0.25, 0.3) is 0 Å². The van der Waals surface area contributed by atoms with Gasteiger partial charge in [-0.05, 0) is 30.5 Å². The summed E-state index contributed by atoms with van der Waals surface area (Å²) >= 11 is 0. The molecule has 0 aliphatic carbocycles. The zero-order valence-electron chi connectivity index (χ0n) is 13.0. The van der Waals surface area contributed by atoms with Gasteiger partial charge in [-0.15, -0.1) is 0 Å². The van der Waals surface area contributed by atoms with Crippen LogP contribution in [0.4, 0.5) is 11.5 Å². The van der Waals surface area contributed by atoms with Crippen LogP contribution in [0.2, 0.25) is 0 Å². The number of anilines is 2. The van der Waals surface area contributed by atoms with Crippen LogP contribution in [-0.4, -0.2) is 24.8 Å². The maximum absolute atomic E-state index is 5.76. The molecule has 0 fully saturated rings. The maximum atomic E-state index is 5.76. The Morgan fingerprint density at radius 1 is 1.18 bits per heavy atom. The topological polar surface area (TPSA) is 28.6 Å². The third-order valence-electron chi connectivity index (χ3n) is 4.65. The number of nitrogens with zero attached hydrogens (tertiary/aromatic N) is 3. The zero-order valence-corrected chi connectivity index (χ0v) is 13.0. The lowest BCUT2D eigenvalue weighted by Crippen LogP contribution is -2.35. The van der Waals surface area contributed by atoms with E-state index in [4.69, 9.17) is 4.74 Å². The highest BCUT2D eigenvalue weighted by molar-refractivity contribution is 5.65. The Hall–Kier alpha value is -2.07. The van der Waals surface area contributed by atoms with Crippen molar-refractivity contribution >= 4 is 11.5 Å². The molecule has 1 aromatic heterocycles. The fourth-order valence-corrected chi connectivity index (χ4v) is 3.44. The van der Waals surface area contributed by atoms with Gasteiger partial charge in [-0.3, -0.25) is 0 Å². The Kier molecular flexibility index (Phi) is 3.47. The molecule has 0 unspecified atom stereocenters. The van der Waals surface area contributed by atoms with Crippen molar-refractivity contribution in [2.24, 2.45) is 0 Å². The summed E-state index contributed by atoms with van der Waals surface area (Å²) in [7, 11) is 0. The molecule has 2 aliphatic rings. The third-order valence-corrected chi connectivity index (χ3v) is 4.65. The Morgan fingerprint density at radius 2 is 2.05 bits per heavy atom. The van der Waals surface area contributed by atoms with Crippen LogP contribution in [0.3, 0.4) is 0 Å². The predicted octanol–water partition coefficient (Wildman–Crippen LogP) is 2.96. The Balaban J connectivity index is 1.70. The molecule has 0 saturated carbocycles. The summed E-state index contributed by atoms with van der Waals surface area (Å²) < 4.78 is 5.76. The first kappa shape index (κ1) is 13.6. The van der Waals surface area contributed by atoms with Crippen molar-refractivity contribution in [3.05, 3.63) is 53.2 Å². The van der Waals surface area contributed by atoms with Crippen LogP contribution >= 0.6 is 0 Å². The van der Waals surface area contributed by atoms with Crippen LogP contribution in [0, 0.1) is 0 Å². The molecule has 0 saturated heterocycles. The highest BCUT2D eigenvalue weighted by Crippen LogP contribution is 2.34. The third kappa shape index (κ3) is 2.24. The van der Waals surface area contributed by atoms with E-state index in [1.54, 1.807) is 0 Å². The minimum atomic E-state index is 0.660. The molecular weight excluding hydrogens is 274 g/mol. The molecule has 1 aromatic carbocycles. The molecule has 22 heavy (non-hydrogen) atoms. The van der Waals surface area contributed by atoms with E-state index >= 15 is 0 Å². The van der Waals surface area contributed by atoms with Crippen molar-refractivity contribution in [2.75, 3.05) is 29.6 Å². The minimum absolute atomic E-state index is 0.660. The lowest BCUT2D eigenvalue weighted by atomic mass is 9.99. The second-order valence-electron chi connectivity index (χ2n) is 5.91. The number of hydrogen-bond acceptors (Lipinski definition) is 4. The normalized spacial score (nSPS) is 17.1. The number of rotatable bonds is 2. The lowest BCUT2D eigenvalue weighted by Gasteiger charge is -2.35. The molecular formula is C18H21N3O. The van der Waals surface area contributed by atoms with Crippen LogP contribution in [0.15, 0.2) is 36.5 Å². The molecule has 2 aliphatic heterocycles. The number of pyridine rings is 1. The fraction of sp³-hybridized carbons (Fsp3) is 0.389. The van der Waals surface area contributed by atoms with E-state index in [2.05, 4.69) is 52.0 Å². The van der Waals surface area contributed by atoms with Crippen LogP contribution < -0.4 is 9.80 Å². The first-order chi connectivity index (χ1) is 10.9. The molecule has 0 radical (unpaired) electrons. The Morgan fingerprint density at radius 3 is 2.91 bits per heavy atom. The van der Waals surface area contributed by atoms with Crippen LogP contribution in [-0.2, 0) is 24.3 Å². The van der Waals surface area contributed by atoms with Gasteiger partial charge >= 0.3 is 0 Å².